The zero-order valence-corrected chi connectivity index (χ0v) is 11.7. The van der Waals surface area contributed by atoms with Crippen LogP contribution in [0.25, 0.3) is 0 Å². The van der Waals surface area contributed by atoms with Gasteiger partial charge in [0.25, 0.3) is 0 Å². The van der Waals surface area contributed by atoms with E-state index in [9.17, 15) is 4.79 Å². The maximum Gasteiger partial charge on any atom is 0.236 e. The molecular formula is C14H24N2O2. The van der Waals surface area contributed by atoms with E-state index in [1.165, 1.54) is 0 Å². The number of furan rings is 1. The van der Waals surface area contributed by atoms with Crippen LogP contribution in [0.3, 0.4) is 0 Å². The van der Waals surface area contributed by atoms with Gasteiger partial charge in [-0.25, -0.2) is 0 Å². The van der Waals surface area contributed by atoms with Gasteiger partial charge in [0, 0.05) is 6.54 Å². The molecule has 0 spiro atoms. The van der Waals surface area contributed by atoms with Gasteiger partial charge in [0.2, 0.25) is 5.91 Å². The van der Waals surface area contributed by atoms with Crippen LogP contribution in [0, 0.1) is 5.92 Å². The quantitative estimate of drug-likeness (QED) is 0.784. The van der Waals surface area contributed by atoms with Gasteiger partial charge in [-0.2, -0.15) is 0 Å². The summed E-state index contributed by atoms with van der Waals surface area (Å²) in [6.45, 7) is 8.87. The van der Waals surface area contributed by atoms with Crippen molar-refractivity contribution in [3.8, 4) is 0 Å². The summed E-state index contributed by atoms with van der Waals surface area (Å²) in [5, 5.41) is 6.15. The predicted molar refractivity (Wildman–Crippen MR) is 72.2 cm³/mol. The van der Waals surface area contributed by atoms with Crippen molar-refractivity contribution < 1.29 is 9.21 Å². The van der Waals surface area contributed by atoms with Gasteiger partial charge in [-0.3, -0.25) is 10.1 Å². The molecule has 0 saturated carbocycles. The molecule has 0 fully saturated rings. The molecule has 4 nitrogen and oxygen atoms in total. The Morgan fingerprint density at radius 3 is 2.61 bits per heavy atom. The van der Waals surface area contributed by atoms with Gasteiger partial charge in [0.05, 0.1) is 18.3 Å². The number of carbonyl (C=O) groups is 1. The number of hydrogen-bond acceptors (Lipinski definition) is 3. The van der Waals surface area contributed by atoms with Gasteiger partial charge < -0.3 is 9.73 Å². The minimum absolute atomic E-state index is 0.0332. The van der Waals surface area contributed by atoms with E-state index >= 15 is 0 Å². The van der Waals surface area contributed by atoms with Crippen molar-refractivity contribution in [2.45, 2.75) is 46.2 Å². The fraction of sp³-hybridized carbons (Fsp3) is 0.643. The van der Waals surface area contributed by atoms with E-state index in [1.807, 2.05) is 26.0 Å². The van der Waals surface area contributed by atoms with Crippen LogP contribution in [0.4, 0.5) is 0 Å². The highest BCUT2D eigenvalue weighted by atomic mass is 16.3. The van der Waals surface area contributed by atoms with E-state index in [0.717, 1.165) is 18.7 Å². The van der Waals surface area contributed by atoms with Crippen molar-refractivity contribution in [2.24, 2.45) is 5.92 Å². The fourth-order valence-corrected chi connectivity index (χ4v) is 1.71. The third-order valence-corrected chi connectivity index (χ3v) is 2.88. The van der Waals surface area contributed by atoms with Gasteiger partial charge in [0.1, 0.15) is 5.76 Å². The Morgan fingerprint density at radius 2 is 2.06 bits per heavy atom. The van der Waals surface area contributed by atoms with Crippen molar-refractivity contribution in [1.82, 2.24) is 10.6 Å². The molecule has 1 aromatic heterocycles. The summed E-state index contributed by atoms with van der Waals surface area (Å²) in [6, 6.07) is 3.56. The summed E-state index contributed by atoms with van der Waals surface area (Å²) >= 11 is 0. The third-order valence-electron chi connectivity index (χ3n) is 2.88. The number of carbonyl (C=O) groups excluding carboxylic acids is 1. The summed E-state index contributed by atoms with van der Waals surface area (Å²) in [7, 11) is 0. The van der Waals surface area contributed by atoms with Gasteiger partial charge in [-0.1, -0.05) is 13.8 Å². The lowest BCUT2D eigenvalue weighted by Gasteiger charge is -2.18. The van der Waals surface area contributed by atoms with Crippen molar-refractivity contribution >= 4 is 5.91 Å². The molecule has 0 bridgehead atoms. The van der Waals surface area contributed by atoms with E-state index in [1.54, 1.807) is 6.26 Å². The van der Waals surface area contributed by atoms with Gasteiger partial charge >= 0.3 is 0 Å². The molecule has 0 radical (unpaired) electrons. The van der Waals surface area contributed by atoms with Crippen LogP contribution in [-0.2, 0) is 4.79 Å². The summed E-state index contributed by atoms with van der Waals surface area (Å²) in [5.41, 5.74) is 0. The number of nitrogens with one attached hydrogen (secondary N) is 2. The van der Waals surface area contributed by atoms with Crippen LogP contribution >= 0.6 is 0 Å². The standard InChI is InChI=1S/C14H24N2O2/c1-10(2)7-8-15-14(17)12(4)16-11(3)13-6-5-9-18-13/h5-6,9-12,16H,7-8H2,1-4H3,(H,15,17). The molecule has 4 heteroatoms. The van der Waals surface area contributed by atoms with E-state index in [4.69, 9.17) is 4.42 Å². The third kappa shape index (κ3) is 4.92. The van der Waals surface area contributed by atoms with Crippen molar-refractivity contribution in [3.05, 3.63) is 24.2 Å². The first kappa shape index (κ1) is 14.8. The molecule has 2 N–H and O–H groups in total. The SMILES string of the molecule is CC(C)CCNC(=O)C(C)NC(C)c1ccco1. The Morgan fingerprint density at radius 1 is 1.33 bits per heavy atom. The number of rotatable bonds is 7. The molecule has 1 aromatic rings. The van der Waals surface area contributed by atoms with Crippen LogP contribution in [0.5, 0.6) is 0 Å². The Kier molecular flexibility index (Phi) is 5.92. The molecule has 1 rings (SSSR count). The topological polar surface area (TPSA) is 54.3 Å². The normalized spacial score (nSPS) is 14.5. The highest BCUT2D eigenvalue weighted by molar-refractivity contribution is 5.81. The molecule has 2 atom stereocenters. The Balaban J connectivity index is 2.31. The second-order valence-electron chi connectivity index (χ2n) is 5.10. The smallest absolute Gasteiger partial charge is 0.236 e. The Hall–Kier alpha value is -1.29. The van der Waals surface area contributed by atoms with E-state index < -0.39 is 0 Å². The average molecular weight is 252 g/mol. The highest BCUT2D eigenvalue weighted by Gasteiger charge is 2.17. The van der Waals surface area contributed by atoms with E-state index in [-0.39, 0.29) is 18.0 Å². The molecule has 18 heavy (non-hydrogen) atoms. The zero-order chi connectivity index (χ0) is 13.5. The van der Waals surface area contributed by atoms with Gasteiger partial charge in [-0.05, 0) is 38.3 Å². The Labute approximate surface area is 109 Å². The van der Waals surface area contributed by atoms with Gasteiger partial charge in [-0.15, -0.1) is 0 Å². The molecule has 0 saturated heterocycles. The van der Waals surface area contributed by atoms with Gasteiger partial charge in [0.15, 0.2) is 0 Å². The molecule has 1 amide bonds. The van der Waals surface area contributed by atoms with Crippen LogP contribution in [0.1, 0.15) is 45.9 Å². The molecular weight excluding hydrogens is 228 g/mol. The molecule has 0 aliphatic carbocycles. The highest BCUT2D eigenvalue weighted by Crippen LogP contribution is 2.12. The van der Waals surface area contributed by atoms with Crippen LogP contribution in [0.15, 0.2) is 22.8 Å². The largest absolute Gasteiger partial charge is 0.468 e. The second-order valence-corrected chi connectivity index (χ2v) is 5.10. The Bertz CT molecular complexity index is 347. The first-order valence-corrected chi connectivity index (χ1v) is 6.58. The summed E-state index contributed by atoms with van der Waals surface area (Å²) in [6.07, 6.45) is 2.65. The van der Waals surface area contributed by atoms with Crippen molar-refractivity contribution in [2.75, 3.05) is 6.54 Å². The first-order valence-electron chi connectivity index (χ1n) is 6.58. The monoisotopic (exact) mass is 252 g/mol. The molecule has 0 aliphatic rings. The van der Waals surface area contributed by atoms with Crippen LogP contribution in [0.2, 0.25) is 0 Å². The van der Waals surface area contributed by atoms with Crippen molar-refractivity contribution in [1.29, 1.82) is 0 Å². The fourth-order valence-electron chi connectivity index (χ4n) is 1.71. The first-order chi connectivity index (χ1) is 8.50. The summed E-state index contributed by atoms with van der Waals surface area (Å²) < 4.78 is 5.29. The maximum absolute atomic E-state index is 11.8. The second kappa shape index (κ2) is 7.21. The maximum atomic E-state index is 11.8. The van der Waals surface area contributed by atoms with Crippen molar-refractivity contribution in [3.63, 3.8) is 0 Å². The molecule has 1 heterocycles. The number of amides is 1. The molecule has 0 aliphatic heterocycles. The van der Waals surface area contributed by atoms with E-state index in [2.05, 4.69) is 24.5 Å². The lowest BCUT2D eigenvalue weighted by atomic mass is 10.1. The minimum Gasteiger partial charge on any atom is -0.468 e. The summed E-state index contributed by atoms with van der Waals surface area (Å²) in [5.74, 6) is 1.49. The van der Waals surface area contributed by atoms with E-state index in [0.29, 0.717) is 5.92 Å². The van der Waals surface area contributed by atoms with Crippen LogP contribution < -0.4 is 10.6 Å². The summed E-state index contributed by atoms with van der Waals surface area (Å²) in [4.78, 5) is 11.8. The number of hydrogen-bond donors (Lipinski definition) is 2. The lowest BCUT2D eigenvalue weighted by molar-refractivity contribution is -0.123. The molecule has 2 unspecified atom stereocenters. The molecule has 102 valence electrons. The molecule has 0 aromatic carbocycles. The van der Waals surface area contributed by atoms with Crippen LogP contribution in [-0.4, -0.2) is 18.5 Å². The predicted octanol–water partition coefficient (Wildman–Crippen LogP) is 2.48. The lowest BCUT2D eigenvalue weighted by Crippen LogP contribution is -2.43. The zero-order valence-electron chi connectivity index (χ0n) is 11.7. The average Bonchev–Trinajstić information content (AvgIpc) is 2.81. The minimum atomic E-state index is -0.225.